The van der Waals surface area contributed by atoms with Gasteiger partial charge in [-0.1, -0.05) is 48.5 Å². The summed E-state index contributed by atoms with van der Waals surface area (Å²) in [6.07, 6.45) is -39.3. The van der Waals surface area contributed by atoms with Crippen LogP contribution in [0.4, 0.5) is 105 Å². The summed E-state index contributed by atoms with van der Waals surface area (Å²) in [6, 6.07) is -8.81. The van der Waals surface area contributed by atoms with Gasteiger partial charge in [-0.3, -0.25) is 0 Å². The van der Waals surface area contributed by atoms with Gasteiger partial charge in [-0.2, -0.15) is 127 Å². The Morgan fingerprint density at radius 3 is 0.493 bits per heavy atom. The minimum atomic E-state index is -6.13. The Morgan fingerprint density at radius 1 is 0.275 bits per heavy atom. The molecule has 0 bridgehead atoms. The second-order valence-corrected chi connectivity index (χ2v) is 14.6. The van der Waals surface area contributed by atoms with Gasteiger partial charge in [-0.15, -0.1) is 0 Å². The SMILES string of the molecule is FC(F)(F)c1cc([B-](c2cc(C(F)(F)F)cc(C(F)(F)F)c2)(c2cc(C(F)(F)F)cc(C(F)(F)F)c2)c2cc(C(F)(F)F)cc(C(F)(F)F)c2)cc(C(F)(F)F)c1.[CH2][CH][CH2].[CH]1[CH]CC[CH][CH]CC1.[Ni+2]. The molecule has 4 aromatic rings. The van der Waals surface area contributed by atoms with Gasteiger partial charge in [-0.25, -0.2) is 0 Å². The van der Waals surface area contributed by atoms with E-state index in [1.165, 1.54) is 32.1 Å². The third kappa shape index (κ3) is 15.9. The fraction of sp³-hybridized carbons (Fsp3) is 0.279. The van der Waals surface area contributed by atoms with E-state index in [-0.39, 0.29) is 16.5 Å². The van der Waals surface area contributed by atoms with E-state index in [0.717, 1.165) is 0 Å². The van der Waals surface area contributed by atoms with Crippen LogP contribution in [-0.2, 0) is 65.9 Å². The van der Waals surface area contributed by atoms with Crippen molar-refractivity contribution in [3.05, 3.63) is 163 Å². The van der Waals surface area contributed by atoms with Gasteiger partial charge in [0.1, 0.15) is 6.15 Å². The van der Waals surface area contributed by atoms with Crippen LogP contribution in [0.25, 0.3) is 0 Å². The second kappa shape index (κ2) is 22.0. The van der Waals surface area contributed by atoms with Gasteiger partial charge in [0.15, 0.2) is 0 Å². The van der Waals surface area contributed by atoms with Crippen molar-refractivity contribution in [1.82, 2.24) is 0 Å². The van der Waals surface area contributed by atoms with Crippen molar-refractivity contribution in [3.8, 4) is 0 Å². The van der Waals surface area contributed by atoms with Crippen LogP contribution < -0.4 is 21.9 Å². The van der Waals surface area contributed by atoms with Crippen LogP contribution in [0.15, 0.2) is 72.8 Å². The molecule has 1 saturated carbocycles. The first-order valence-electron chi connectivity index (χ1n) is 18.7. The molecule has 0 saturated heterocycles. The van der Waals surface area contributed by atoms with Crippen molar-refractivity contribution in [3.63, 3.8) is 0 Å². The molecule has 69 heavy (non-hydrogen) atoms. The zero-order valence-electron chi connectivity index (χ0n) is 34.0. The molecule has 1 aliphatic rings. The molecule has 0 nitrogen and oxygen atoms in total. The van der Waals surface area contributed by atoms with Gasteiger partial charge >= 0.3 is 65.9 Å². The van der Waals surface area contributed by atoms with Crippen LogP contribution in [0, 0.1) is 46.0 Å². The molecule has 0 heterocycles. The first-order valence-corrected chi connectivity index (χ1v) is 18.7. The maximum absolute atomic E-state index is 14.2. The predicted molar refractivity (Wildman–Crippen MR) is 201 cm³/mol. The second-order valence-electron chi connectivity index (χ2n) is 14.6. The van der Waals surface area contributed by atoms with Crippen LogP contribution in [-0.4, -0.2) is 6.15 Å². The molecule has 0 unspecified atom stereocenters. The van der Waals surface area contributed by atoms with Crippen molar-refractivity contribution in [1.29, 1.82) is 0 Å². The molecule has 5 rings (SSSR count). The Balaban J connectivity index is 0.00000120. The van der Waals surface area contributed by atoms with E-state index in [0.29, 0.717) is 0 Å². The fourth-order valence-corrected chi connectivity index (χ4v) is 6.93. The standard InChI is InChI=1S/C32H12BF24.C8H12.C3H5.Ni/c34-25(35,36)13-1-14(26(37,38)39)6-21(5-13)33(22-7-15(27(40,41)42)2-16(8-22)28(43,44)45,23-9-17(29(46,47)48)3-18(10-23)30(49,50)51)24-11-19(31(52,53)54)4-20(12-24)32(55,56)57;1-2-4-6-8-7-5-3-1;1-3-2;/h1-12H;1-2,7-8H,3-6H2;3H,1-2H2;/q-1;;;+2. The summed E-state index contributed by atoms with van der Waals surface area (Å²) in [6.45, 7) is 6.50. The van der Waals surface area contributed by atoms with E-state index in [1.807, 2.05) is 0 Å². The van der Waals surface area contributed by atoms with E-state index in [9.17, 15) is 105 Å². The first-order chi connectivity index (χ1) is 30.7. The minimum Gasteiger partial charge on any atom is -0.194 e. The van der Waals surface area contributed by atoms with Gasteiger partial charge < -0.3 is 0 Å². The topological polar surface area (TPSA) is 0 Å². The van der Waals surface area contributed by atoms with Crippen LogP contribution in [0.5, 0.6) is 0 Å². The van der Waals surface area contributed by atoms with E-state index >= 15 is 0 Å². The molecule has 7 radical (unpaired) electrons. The molecule has 0 spiro atoms. The molecule has 0 amide bonds. The summed E-state index contributed by atoms with van der Waals surface area (Å²) in [4.78, 5) is 0. The molecular weight excluding hydrogens is 1040 g/mol. The molecule has 1 fully saturated rings. The average Bonchev–Trinajstić information content (AvgIpc) is 3.15. The molecule has 0 N–H and O–H groups in total. The summed E-state index contributed by atoms with van der Waals surface area (Å²) in [5.74, 6) is 0. The number of rotatable bonds is 4. The van der Waals surface area contributed by atoms with Crippen molar-refractivity contribution < 1.29 is 122 Å². The molecule has 0 aromatic heterocycles. The van der Waals surface area contributed by atoms with Crippen LogP contribution in [0.3, 0.4) is 0 Å². The number of hydrogen-bond acceptors (Lipinski definition) is 0. The van der Waals surface area contributed by atoms with Crippen molar-refractivity contribution in [2.75, 3.05) is 0 Å². The van der Waals surface area contributed by atoms with Gasteiger partial charge in [0.2, 0.25) is 0 Å². The fourth-order valence-electron chi connectivity index (χ4n) is 6.93. The zero-order chi connectivity index (χ0) is 52.3. The largest absolute Gasteiger partial charge is 2.00 e. The summed E-state index contributed by atoms with van der Waals surface area (Å²) in [7, 11) is 0. The molecule has 4 aromatic carbocycles. The Labute approximate surface area is 387 Å². The molecule has 381 valence electrons. The van der Waals surface area contributed by atoms with Crippen LogP contribution in [0.2, 0.25) is 0 Å². The van der Waals surface area contributed by atoms with Crippen molar-refractivity contribution in [2.24, 2.45) is 0 Å². The zero-order valence-corrected chi connectivity index (χ0v) is 35.0. The van der Waals surface area contributed by atoms with Crippen LogP contribution in [0.1, 0.15) is 70.2 Å². The number of halogens is 24. The van der Waals surface area contributed by atoms with Gasteiger partial charge in [0.25, 0.3) is 0 Å². The van der Waals surface area contributed by atoms with Crippen LogP contribution >= 0.6 is 0 Å². The van der Waals surface area contributed by atoms with Gasteiger partial charge in [0.05, 0.1) is 44.5 Å². The van der Waals surface area contributed by atoms with Gasteiger partial charge in [0, 0.05) is 0 Å². The summed E-state index contributed by atoms with van der Waals surface area (Å²) in [5, 5.41) is 0. The normalized spacial score (nSPS) is 14.9. The minimum absolute atomic E-state index is 0. The van der Waals surface area contributed by atoms with Crippen molar-refractivity contribution >= 4 is 28.0 Å². The quantitative estimate of drug-likeness (QED) is 0.141. The molecule has 26 heteroatoms. The Bertz CT molecular complexity index is 1850. The third-order valence-electron chi connectivity index (χ3n) is 9.77. The maximum Gasteiger partial charge on any atom is 2.00 e. The van der Waals surface area contributed by atoms with E-state index in [1.54, 1.807) is 0 Å². The monoisotopic (exact) mass is 1070 g/mol. The van der Waals surface area contributed by atoms with E-state index in [4.69, 9.17) is 0 Å². The first kappa shape index (κ1) is 60.9. The number of benzene rings is 4. The summed E-state index contributed by atoms with van der Waals surface area (Å²) >= 11 is 0. The molecular formula is C43H29BF24Ni+. The predicted octanol–water partition coefficient (Wildman–Crippen LogP) is 14.4. The summed E-state index contributed by atoms with van der Waals surface area (Å²) in [5.41, 5.74) is -30.2. The maximum atomic E-state index is 14.2. The Hall–Kier alpha value is -4.24. The number of hydrogen-bond donors (Lipinski definition) is 0. The Kier molecular flexibility index (Phi) is 19.4. The van der Waals surface area contributed by atoms with E-state index < -0.39 is 195 Å². The summed E-state index contributed by atoms with van der Waals surface area (Å²) < 4.78 is 341. The molecule has 1 aliphatic carbocycles. The third-order valence-corrected chi connectivity index (χ3v) is 9.77. The van der Waals surface area contributed by atoms with Crippen molar-refractivity contribution in [2.45, 2.75) is 75.1 Å². The number of alkyl halides is 24. The Morgan fingerprint density at radius 2 is 0.391 bits per heavy atom. The van der Waals surface area contributed by atoms with E-state index in [2.05, 4.69) is 39.5 Å². The molecule has 0 atom stereocenters. The average molecular weight is 1070 g/mol. The smallest absolute Gasteiger partial charge is 0.194 e. The van der Waals surface area contributed by atoms with Gasteiger partial charge in [-0.05, 0) is 95.9 Å². The molecule has 0 aliphatic heterocycles.